The molecule has 4 aliphatic heterocycles. The highest BCUT2D eigenvalue weighted by molar-refractivity contribution is 5.06. The molecule has 0 saturated carbocycles. The van der Waals surface area contributed by atoms with Crippen molar-refractivity contribution in [2.45, 2.75) is 69.5 Å². The van der Waals surface area contributed by atoms with E-state index >= 15 is 0 Å². The van der Waals surface area contributed by atoms with Gasteiger partial charge in [-0.25, -0.2) is 0 Å². The number of hydrogen-bond acceptors (Lipinski definition) is 6. The summed E-state index contributed by atoms with van der Waals surface area (Å²) < 4.78 is 17.4. The van der Waals surface area contributed by atoms with E-state index in [2.05, 4.69) is 20.8 Å². The van der Waals surface area contributed by atoms with Gasteiger partial charge >= 0.3 is 0 Å². The first-order valence-electron chi connectivity index (χ1n) is 7.50. The molecule has 20 heavy (non-hydrogen) atoms. The van der Waals surface area contributed by atoms with Crippen LogP contribution in [-0.4, -0.2) is 65.7 Å². The molecule has 114 valence electrons. The van der Waals surface area contributed by atoms with Gasteiger partial charge in [-0.1, -0.05) is 0 Å². The lowest BCUT2D eigenvalue weighted by molar-refractivity contribution is -0.242. The topological polar surface area (TPSA) is 60.4 Å². The average molecular weight is 285 g/mol. The molecule has 0 unspecified atom stereocenters. The monoisotopic (exact) mass is 285 g/mol. The zero-order chi connectivity index (χ0) is 14.1. The van der Waals surface area contributed by atoms with Gasteiger partial charge in [-0.15, -0.1) is 0 Å². The Hall–Kier alpha value is -0.240. The number of hydrogen-bond donors (Lipinski definition) is 1. The predicted octanol–water partition coefficient (Wildman–Crippen LogP) is 0.290. The summed E-state index contributed by atoms with van der Waals surface area (Å²) in [6.07, 6.45) is -0.278. The molecule has 6 heteroatoms. The first-order chi connectivity index (χ1) is 9.44. The van der Waals surface area contributed by atoms with Gasteiger partial charge in [0.25, 0.3) is 0 Å². The highest BCUT2D eigenvalue weighted by Crippen LogP contribution is 2.46. The number of nitrogens with zero attached hydrogens (tertiary/aromatic N) is 1. The van der Waals surface area contributed by atoms with Gasteiger partial charge in [0.05, 0.1) is 30.5 Å². The molecule has 0 aromatic heterocycles. The van der Waals surface area contributed by atoms with Crippen LogP contribution in [0.2, 0.25) is 0 Å². The van der Waals surface area contributed by atoms with E-state index in [4.69, 9.17) is 19.0 Å². The van der Waals surface area contributed by atoms with Gasteiger partial charge in [-0.2, -0.15) is 5.06 Å². The molecular formula is C14H23NO5. The van der Waals surface area contributed by atoms with Crippen LogP contribution in [0.25, 0.3) is 0 Å². The molecule has 1 N–H and O–H groups in total. The fraction of sp³-hybridized carbons (Fsp3) is 1.00. The van der Waals surface area contributed by atoms with Crippen molar-refractivity contribution in [2.24, 2.45) is 5.92 Å². The Balaban J connectivity index is 1.59. The minimum Gasteiger partial charge on any atom is -0.390 e. The van der Waals surface area contributed by atoms with Crippen LogP contribution in [0, 0.1) is 5.92 Å². The molecule has 4 fully saturated rings. The lowest BCUT2D eigenvalue weighted by Gasteiger charge is -2.37. The number of rotatable bonds is 1. The lowest BCUT2D eigenvalue weighted by atomic mass is 9.83. The van der Waals surface area contributed by atoms with Crippen molar-refractivity contribution in [3.63, 3.8) is 0 Å². The largest absolute Gasteiger partial charge is 0.390 e. The first-order valence-corrected chi connectivity index (χ1v) is 7.50. The number of aliphatic hydroxyl groups is 1. The van der Waals surface area contributed by atoms with Crippen molar-refractivity contribution in [3.8, 4) is 0 Å². The maximum atomic E-state index is 10.6. The van der Waals surface area contributed by atoms with Crippen LogP contribution < -0.4 is 0 Å². The minimum absolute atomic E-state index is 0.0103. The first kappa shape index (κ1) is 13.4. The molecule has 0 radical (unpaired) electrons. The zero-order valence-corrected chi connectivity index (χ0v) is 12.2. The van der Waals surface area contributed by atoms with Crippen molar-refractivity contribution >= 4 is 0 Å². The fourth-order valence-corrected chi connectivity index (χ4v) is 3.99. The van der Waals surface area contributed by atoms with Crippen molar-refractivity contribution in [1.82, 2.24) is 5.06 Å². The summed E-state index contributed by atoms with van der Waals surface area (Å²) in [4.78, 5) is 5.98. The summed E-state index contributed by atoms with van der Waals surface area (Å²) in [5.74, 6) is 0.0103. The molecule has 0 aromatic rings. The molecule has 0 spiro atoms. The van der Waals surface area contributed by atoms with Crippen LogP contribution in [-0.2, 0) is 19.0 Å². The van der Waals surface area contributed by atoms with Crippen LogP contribution in [0.1, 0.15) is 27.2 Å². The van der Waals surface area contributed by atoms with Crippen molar-refractivity contribution < 1.29 is 24.2 Å². The molecule has 2 bridgehead atoms. The van der Waals surface area contributed by atoms with Gasteiger partial charge in [0.15, 0.2) is 6.29 Å². The Bertz CT molecular complexity index is 398. The Labute approximate surface area is 118 Å². The molecule has 4 heterocycles. The molecule has 6 nitrogen and oxygen atoms in total. The SMILES string of the molecule is CC(C)(C)O[C@H]1CCN2O[C@H]3[C@@H]4OC[C@@H](O4)[C@@H](O)[C@H]3[C@H]12. The van der Waals surface area contributed by atoms with Gasteiger partial charge in [0.2, 0.25) is 0 Å². The summed E-state index contributed by atoms with van der Waals surface area (Å²) in [6, 6.07) is 0.102. The second-order valence-corrected chi connectivity index (χ2v) is 7.20. The standard InChI is InChI=1S/C14H23NO5/c1-14(2,3)19-7-4-5-15-10(7)9-11(16)8-6-17-13(18-8)12(9)20-15/h7-13,16H,4-6H2,1-3H3/t7-,8+,9+,10-,11+,12+,13+/m0/s1. The van der Waals surface area contributed by atoms with E-state index in [0.717, 1.165) is 13.0 Å². The quantitative estimate of drug-likeness (QED) is 0.747. The third-order valence-electron chi connectivity index (χ3n) is 4.66. The minimum atomic E-state index is -0.544. The summed E-state index contributed by atoms with van der Waals surface area (Å²) in [5, 5.41) is 12.5. The summed E-state index contributed by atoms with van der Waals surface area (Å²) in [5.41, 5.74) is -0.190. The predicted molar refractivity (Wildman–Crippen MR) is 68.7 cm³/mol. The third kappa shape index (κ3) is 1.94. The number of fused-ring (bicyclic) bond motifs is 6. The maximum absolute atomic E-state index is 10.6. The summed E-state index contributed by atoms with van der Waals surface area (Å²) >= 11 is 0. The Morgan fingerprint density at radius 1 is 1.30 bits per heavy atom. The van der Waals surface area contributed by atoms with E-state index in [0.29, 0.717) is 6.61 Å². The van der Waals surface area contributed by atoms with E-state index in [1.54, 1.807) is 0 Å². The molecule has 7 atom stereocenters. The number of hydroxylamine groups is 2. The third-order valence-corrected chi connectivity index (χ3v) is 4.66. The van der Waals surface area contributed by atoms with E-state index in [9.17, 15) is 5.11 Å². The van der Waals surface area contributed by atoms with Crippen LogP contribution >= 0.6 is 0 Å². The van der Waals surface area contributed by atoms with Crippen molar-refractivity contribution in [2.75, 3.05) is 13.2 Å². The molecule has 4 aliphatic rings. The van der Waals surface area contributed by atoms with E-state index in [1.165, 1.54) is 0 Å². The molecular weight excluding hydrogens is 262 g/mol. The normalized spacial score (nSPS) is 51.3. The smallest absolute Gasteiger partial charge is 0.186 e. The van der Waals surface area contributed by atoms with Gasteiger partial charge in [0, 0.05) is 12.5 Å². The molecule has 4 saturated heterocycles. The lowest BCUT2D eigenvalue weighted by Crippen LogP contribution is -2.53. The highest BCUT2D eigenvalue weighted by Gasteiger charge is 2.62. The number of aliphatic hydroxyl groups excluding tert-OH is 1. The van der Waals surface area contributed by atoms with Crippen LogP contribution in [0.15, 0.2) is 0 Å². The molecule has 0 aliphatic carbocycles. The van der Waals surface area contributed by atoms with E-state index in [-0.39, 0.29) is 42.2 Å². The van der Waals surface area contributed by atoms with Crippen molar-refractivity contribution in [1.29, 1.82) is 0 Å². The van der Waals surface area contributed by atoms with E-state index < -0.39 is 6.10 Å². The molecule has 0 aromatic carbocycles. The number of ether oxygens (including phenoxy) is 3. The average Bonchev–Trinajstić information content (AvgIpc) is 2.99. The van der Waals surface area contributed by atoms with E-state index in [1.807, 2.05) is 5.06 Å². The van der Waals surface area contributed by atoms with Gasteiger partial charge in [0.1, 0.15) is 12.2 Å². The Morgan fingerprint density at radius 2 is 2.10 bits per heavy atom. The Morgan fingerprint density at radius 3 is 2.85 bits per heavy atom. The van der Waals surface area contributed by atoms with Gasteiger partial charge in [-0.05, 0) is 27.2 Å². The summed E-state index contributed by atoms with van der Waals surface area (Å²) in [7, 11) is 0. The Kier molecular flexibility index (Phi) is 2.94. The maximum Gasteiger partial charge on any atom is 0.186 e. The van der Waals surface area contributed by atoms with Crippen LogP contribution in [0.3, 0.4) is 0 Å². The van der Waals surface area contributed by atoms with Crippen molar-refractivity contribution in [3.05, 3.63) is 0 Å². The van der Waals surface area contributed by atoms with Crippen LogP contribution in [0.4, 0.5) is 0 Å². The van der Waals surface area contributed by atoms with Gasteiger partial charge < -0.3 is 19.3 Å². The second-order valence-electron chi connectivity index (χ2n) is 7.20. The summed E-state index contributed by atoms with van der Waals surface area (Å²) in [6.45, 7) is 7.49. The fourth-order valence-electron chi connectivity index (χ4n) is 3.99. The zero-order valence-electron chi connectivity index (χ0n) is 12.2. The molecule has 4 rings (SSSR count). The van der Waals surface area contributed by atoms with Gasteiger partial charge in [-0.3, -0.25) is 4.84 Å². The second kappa shape index (κ2) is 4.38. The highest BCUT2D eigenvalue weighted by atomic mass is 16.8. The van der Waals surface area contributed by atoms with Crippen LogP contribution in [0.5, 0.6) is 0 Å². The molecule has 0 amide bonds.